The third-order valence-corrected chi connectivity index (χ3v) is 6.22. The zero-order valence-electron chi connectivity index (χ0n) is 14.1. The van der Waals surface area contributed by atoms with Gasteiger partial charge in [-0.1, -0.05) is 19.4 Å². The summed E-state index contributed by atoms with van der Waals surface area (Å²) in [5.74, 6) is 1.20. The molecule has 0 N–H and O–H groups in total. The van der Waals surface area contributed by atoms with Crippen molar-refractivity contribution in [3.05, 3.63) is 29.3 Å². The molecule has 3 atom stereocenters. The van der Waals surface area contributed by atoms with Gasteiger partial charge in [0.2, 0.25) is 0 Å². The van der Waals surface area contributed by atoms with Crippen LogP contribution in [-0.2, 0) is 21.4 Å². The second kappa shape index (κ2) is 5.29. The Morgan fingerprint density at radius 3 is 2.68 bits per heavy atom. The lowest BCUT2D eigenvalue weighted by Crippen LogP contribution is -2.52. The second-order valence-corrected chi connectivity index (χ2v) is 7.29. The Morgan fingerprint density at radius 2 is 2.00 bits per heavy atom. The van der Waals surface area contributed by atoms with Crippen molar-refractivity contribution in [3.63, 3.8) is 0 Å². The van der Waals surface area contributed by atoms with Crippen LogP contribution in [0.15, 0.2) is 18.2 Å². The number of carbonyl (C=O) groups is 1. The molecule has 22 heavy (non-hydrogen) atoms. The topological polar surface area (TPSA) is 35.5 Å². The van der Waals surface area contributed by atoms with Crippen LogP contribution < -0.4 is 4.74 Å². The van der Waals surface area contributed by atoms with Crippen LogP contribution in [0.25, 0.3) is 0 Å². The average molecular weight is 302 g/mol. The highest BCUT2D eigenvalue weighted by Gasteiger charge is 2.55. The first kappa shape index (κ1) is 15.4. The largest absolute Gasteiger partial charge is 0.497 e. The molecule has 0 spiro atoms. The number of aryl methyl sites for hydroxylation is 1. The van der Waals surface area contributed by atoms with E-state index in [4.69, 9.17) is 9.47 Å². The second-order valence-electron chi connectivity index (χ2n) is 7.29. The minimum absolute atomic E-state index is 0.0311. The van der Waals surface area contributed by atoms with Gasteiger partial charge in [-0.05, 0) is 67.2 Å². The zero-order chi connectivity index (χ0) is 16.0. The smallest absolute Gasteiger partial charge is 0.311 e. The Balaban J connectivity index is 2.09. The molecule has 1 aromatic carbocycles. The van der Waals surface area contributed by atoms with Gasteiger partial charge in [-0.3, -0.25) is 4.79 Å². The molecule has 0 saturated heterocycles. The molecule has 1 saturated carbocycles. The monoisotopic (exact) mass is 302 g/mol. The molecule has 120 valence electrons. The summed E-state index contributed by atoms with van der Waals surface area (Å²) in [6.45, 7) is 4.43. The fourth-order valence-electron chi connectivity index (χ4n) is 5.04. The summed E-state index contributed by atoms with van der Waals surface area (Å²) in [7, 11) is 3.23. The molecule has 0 bridgehead atoms. The molecule has 3 nitrogen and oxygen atoms in total. The van der Waals surface area contributed by atoms with Crippen LogP contribution in [0.2, 0.25) is 0 Å². The van der Waals surface area contributed by atoms with Crippen LogP contribution in [0.5, 0.6) is 5.75 Å². The highest BCUT2D eigenvalue weighted by molar-refractivity contribution is 5.77. The molecule has 3 heteroatoms. The van der Waals surface area contributed by atoms with Crippen molar-refractivity contribution in [1.29, 1.82) is 0 Å². The molecule has 0 heterocycles. The first-order valence-corrected chi connectivity index (χ1v) is 8.21. The van der Waals surface area contributed by atoms with Gasteiger partial charge in [0.05, 0.1) is 19.6 Å². The number of fused-ring (bicyclic) bond motifs is 3. The Hall–Kier alpha value is -1.51. The highest BCUT2D eigenvalue weighted by Crippen LogP contribution is 2.57. The van der Waals surface area contributed by atoms with E-state index in [0.717, 1.165) is 37.9 Å². The lowest BCUT2D eigenvalue weighted by atomic mass is 9.50. The van der Waals surface area contributed by atoms with Crippen molar-refractivity contribution in [2.75, 3.05) is 14.2 Å². The third kappa shape index (κ3) is 2.05. The SMILES string of the molecule is COC(=O)[C@]1(C)CCCC2(C)c3cc(OC)ccc3CC[C@@H]21. The predicted molar refractivity (Wildman–Crippen MR) is 86.1 cm³/mol. The normalized spacial score (nSPS) is 33.5. The molecule has 0 aromatic heterocycles. The van der Waals surface area contributed by atoms with Gasteiger partial charge >= 0.3 is 5.97 Å². The van der Waals surface area contributed by atoms with E-state index in [1.807, 2.05) is 6.07 Å². The van der Waals surface area contributed by atoms with E-state index in [9.17, 15) is 4.79 Å². The van der Waals surface area contributed by atoms with Gasteiger partial charge in [0, 0.05) is 0 Å². The molecule has 1 unspecified atom stereocenters. The third-order valence-electron chi connectivity index (χ3n) is 6.22. The number of hydrogen-bond donors (Lipinski definition) is 0. The van der Waals surface area contributed by atoms with Gasteiger partial charge in [-0.2, -0.15) is 0 Å². The number of esters is 1. The molecule has 0 amide bonds. The fraction of sp³-hybridized carbons (Fsp3) is 0.632. The Morgan fingerprint density at radius 1 is 1.23 bits per heavy atom. The standard InChI is InChI=1S/C19H26O3/c1-18-10-5-11-19(2,17(20)22-4)16(18)9-7-13-6-8-14(21-3)12-15(13)18/h6,8,12,16H,5,7,9-11H2,1-4H3/t16-,18?,19+/m0/s1. The van der Waals surface area contributed by atoms with Gasteiger partial charge in [0.25, 0.3) is 0 Å². The number of benzene rings is 1. The minimum atomic E-state index is -0.373. The molecule has 1 aromatic rings. The molecule has 3 rings (SSSR count). The van der Waals surface area contributed by atoms with Crippen LogP contribution >= 0.6 is 0 Å². The average Bonchev–Trinajstić information content (AvgIpc) is 2.53. The summed E-state index contributed by atoms with van der Waals surface area (Å²) in [5, 5.41) is 0. The summed E-state index contributed by atoms with van der Waals surface area (Å²) < 4.78 is 10.6. The van der Waals surface area contributed by atoms with Crippen molar-refractivity contribution in [2.45, 2.75) is 51.4 Å². The van der Waals surface area contributed by atoms with E-state index >= 15 is 0 Å². The number of carbonyl (C=O) groups excluding carboxylic acids is 1. The maximum atomic E-state index is 12.5. The highest BCUT2D eigenvalue weighted by atomic mass is 16.5. The molecule has 2 aliphatic rings. The first-order chi connectivity index (χ1) is 10.5. The lowest BCUT2D eigenvalue weighted by Gasteiger charge is -2.54. The first-order valence-electron chi connectivity index (χ1n) is 8.21. The summed E-state index contributed by atoms with van der Waals surface area (Å²) in [5.41, 5.74) is 2.44. The Kier molecular flexibility index (Phi) is 3.70. The minimum Gasteiger partial charge on any atom is -0.497 e. The molecule has 0 aliphatic heterocycles. The predicted octanol–water partition coefficient (Wildman–Crippen LogP) is 3.88. The van der Waals surface area contributed by atoms with Crippen LogP contribution in [0.4, 0.5) is 0 Å². The van der Waals surface area contributed by atoms with E-state index in [1.165, 1.54) is 18.2 Å². The van der Waals surface area contributed by atoms with Crippen LogP contribution in [0, 0.1) is 11.3 Å². The van der Waals surface area contributed by atoms with E-state index < -0.39 is 0 Å². The quantitative estimate of drug-likeness (QED) is 0.778. The van der Waals surface area contributed by atoms with Crippen molar-refractivity contribution in [1.82, 2.24) is 0 Å². The van der Waals surface area contributed by atoms with Crippen LogP contribution in [0.1, 0.15) is 50.7 Å². The van der Waals surface area contributed by atoms with Crippen molar-refractivity contribution in [3.8, 4) is 5.75 Å². The van der Waals surface area contributed by atoms with Crippen LogP contribution in [0.3, 0.4) is 0 Å². The van der Waals surface area contributed by atoms with Gasteiger partial charge in [-0.15, -0.1) is 0 Å². The van der Waals surface area contributed by atoms with Gasteiger partial charge < -0.3 is 9.47 Å². The molecular formula is C19H26O3. The Bertz CT molecular complexity index is 594. The molecule has 0 radical (unpaired) electrons. The number of methoxy groups -OCH3 is 2. The van der Waals surface area contributed by atoms with E-state index in [-0.39, 0.29) is 16.8 Å². The van der Waals surface area contributed by atoms with Gasteiger partial charge in [0.1, 0.15) is 5.75 Å². The van der Waals surface area contributed by atoms with Crippen LogP contribution in [-0.4, -0.2) is 20.2 Å². The van der Waals surface area contributed by atoms with Crippen molar-refractivity contribution >= 4 is 5.97 Å². The Labute approximate surface area is 133 Å². The van der Waals surface area contributed by atoms with Gasteiger partial charge in [-0.25, -0.2) is 0 Å². The zero-order valence-corrected chi connectivity index (χ0v) is 14.1. The summed E-state index contributed by atoms with van der Waals surface area (Å²) in [6, 6.07) is 6.43. The maximum absolute atomic E-state index is 12.5. The summed E-state index contributed by atoms with van der Waals surface area (Å²) in [4.78, 5) is 12.5. The molecule has 1 fully saturated rings. The summed E-state index contributed by atoms with van der Waals surface area (Å²) >= 11 is 0. The molecule has 2 aliphatic carbocycles. The summed E-state index contributed by atoms with van der Waals surface area (Å²) in [6.07, 6.45) is 5.21. The maximum Gasteiger partial charge on any atom is 0.311 e. The molecular weight excluding hydrogens is 276 g/mol. The fourth-order valence-corrected chi connectivity index (χ4v) is 5.04. The van der Waals surface area contributed by atoms with E-state index in [1.54, 1.807) is 7.11 Å². The van der Waals surface area contributed by atoms with Crippen molar-refractivity contribution in [2.24, 2.45) is 11.3 Å². The lowest BCUT2D eigenvalue weighted by molar-refractivity contribution is -0.161. The van der Waals surface area contributed by atoms with E-state index in [2.05, 4.69) is 26.0 Å². The number of hydrogen-bond acceptors (Lipinski definition) is 3. The number of ether oxygens (including phenoxy) is 2. The van der Waals surface area contributed by atoms with Crippen molar-refractivity contribution < 1.29 is 14.3 Å². The van der Waals surface area contributed by atoms with Gasteiger partial charge in [0.15, 0.2) is 0 Å². The van der Waals surface area contributed by atoms with E-state index in [0.29, 0.717) is 5.92 Å². The number of rotatable bonds is 2.